The standard InChI is InChI=1S/C12H16F3N3O2S/c1-8-11(9(2)17(3)16-8)21(19,20)18-6-4-10(5-7-18)12(13,14)15/h4H,5-7H2,1-3H3. The number of hydrogen-bond donors (Lipinski definition) is 0. The third-order valence-corrected chi connectivity index (χ3v) is 5.69. The Labute approximate surface area is 121 Å². The molecule has 0 amide bonds. The third-order valence-electron chi connectivity index (χ3n) is 3.58. The van der Waals surface area contributed by atoms with E-state index in [2.05, 4.69) is 5.10 Å². The highest BCUT2D eigenvalue weighted by Gasteiger charge is 2.38. The van der Waals surface area contributed by atoms with Crippen LogP contribution in [-0.4, -0.2) is 41.8 Å². The van der Waals surface area contributed by atoms with Crippen molar-refractivity contribution < 1.29 is 21.6 Å². The van der Waals surface area contributed by atoms with E-state index in [0.717, 1.165) is 10.4 Å². The SMILES string of the molecule is Cc1nn(C)c(C)c1S(=O)(=O)N1CC=C(C(F)(F)F)CC1. The summed E-state index contributed by atoms with van der Waals surface area (Å²) in [6.07, 6.45) is -3.79. The van der Waals surface area contributed by atoms with E-state index in [1.54, 1.807) is 20.9 Å². The monoisotopic (exact) mass is 323 g/mol. The highest BCUT2D eigenvalue weighted by atomic mass is 32.2. The minimum Gasteiger partial charge on any atom is -0.271 e. The largest absolute Gasteiger partial charge is 0.412 e. The molecule has 0 bridgehead atoms. The number of nitrogens with zero attached hydrogens (tertiary/aromatic N) is 3. The number of hydrogen-bond acceptors (Lipinski definition) is 3. The smallest absolute Gasteiger partial charge is 0.271 e. The van der Waals surface area contributed by atoms with Gasteiger partial charge in [-0.2, -0.15) is 22.6 Å². The summed E-state index contributed by atoms with van der Waals surface area (Å²) in [6, 6.07) is 0. The fourth-order valence-electron chi connectivity index (χ4n) is 2.38. The lowest BCUT2D eigenvalue weighted by molar-refractivity contribution is -0.0953. The molecule has 1 aromatic rings. The maximum atomic E-state index is 12.6. The molecular weight excluding hydrogens is 307 g/mol. The van der Waals surface area contributed by atoms with Crippen molar-refractivity contribution in [3.05, 3.63) is 23.0 Å². The summed E-state index contributed by atoms with van der Waals surface area (Å²) in [5.74, 6) is 0. The highest BCUT2D eigenvalue weighted by molar-refractivity contribution is 7.89. The first-order valence-corrected chi connectivity index (χ1v) is 7.75. The lowest BCUT2D eigenvalue weighted by atomic mass is 10.1. The predicted molar refractivity (Wildman–Crippen MR) is 70.2 cm³/mol. The van der Waals surface area contributed by atoms with E-state index < -0.39 is 21.8 Å². The molecule has 0 N–H and O–H groups in total. The number of halogens is 3. The van der Waals surface area contributed by atoms with Gasteiger partial charge >= 0.3 is 6.18 Å². The lowest BCUT2D eigenvalue weighted by Gasteiger charge is -2.26. The normalized spacial score (nSPS) is 17.9. The lowest BCUT2D eigenvalue weighted by Crippen LogP contribution is -2.37. The zero-order valence-electron chi connectivity index (χ0n) is 11.9. The molecule has 1 aromatic heterocycles. The Hall–Kier alpha value is -1.35. The first kappa shape index (κ1) is 16.0. The Morgan fingerprint density at radius 1 is 1.29 bits per heavy atom. The van der Waals surface area contributed by atoms with Gasteiger partial charge in [0.1, 0.15) is 4.90 Å². The molecule has 5 nitrogen and oxygen atoms in total. The molecule has 0 unspecified atom stereocenters. The summed E-state index contributed by atoms with van der Waals surface area (Å²) < 4.78 is 65.3. The van der Waals surface area contributed by atoms with Crippen molar-refractivity contribution in [3.8, 4) is 0 Å². The zero-order valence-corrected chi connectivity index (χ0v) is 12.7. The van der Waals surface area contributed by atoms with E-state index in [4.69, 9.17) is 0 Å². The van der Waals surface area contributed by atoms with Crippen molar-refractivity contribution in [2.24, 2.45) is 7.05 Å². The van der Waals surface area contributed by atoms with Crippen molar-refractivity contribution in [1.29, 1.82) is 0 Å². The van der Waals surface area contributed by atoms with E-state index in [9.17, 15) is 21.6 Å². The van der Waals surface area contributed by atoms with E-state index in [1.807, 2.05) is 0 Å². The van der Waals surface area contributed by atoms with E-state index >= 15 is 0 Å². The maximum Gasteiger partial charge on any atom is 0.412 e. The Bertz CT molecular complexity index is 689. The molecule has 118 valence electrons. The molecule has 0 aliphatic carbocycles. The molecule has 0 spiro atoms. The third kappa shape index (κ3) is 2.84. The molecule has 1 aliphatic rings. The van der Waals surface area contributed by atoms with Crippen LogP contribution < -0.4 is 0 Å². The molecule has 0 saturated heterocycles. The second kappa shape index (κ2) is 5.13. The Morgan fingerprint density at radius 2 is 1.90 bits per heavy atom. The van der Waals surface area contributed by atoms with Crippen molar-refractivity contribution >= 4 is 10.0 Å². The molecule has 2 heterocycles. The van der Waals surface area contributed by atoms with Gasteiger partial charge in [0.15, 0.2) is 0 Å². The summed E-state index contributed by atoms with van der Waals surface area (Å²) in [6.45, 7) is 2.74. The zero-order chi connectivity index (χ0) is 16.0. The number of aryl methyl sites for hydroxylation is 2. The van der Waals surface area contributed by atoms with Crippen LogP contribution in [0.2, 0.25) is 0 Å². The van der Waals surface area contributed by atoms with Crippen molar-refractivity contribution in [3.63, 3.8) is 0 Å². The quantitative estimate of drug-likeness (QED) is 0.782. The molecule has 0 atom stereocenters. The Balaban J connectivity index is 2.33. The van der Waals surface area contributed by atoms with Crippen LogP contribution in [0.3, 0.4) is 0 Å². The summed E-state index contributed by atoms with van der Waals surface area (Å²) in [5.41, 5.74) is 0.146. The molecule has 0 saturated carbocycles. The minimum absolute atomic E-state index is 0.0776. The van der Waals surface area contributed by atoms with Crippen LogP contribution in [0.25, 0.3) is 0 Å². The molecule has 1 aliphatic heterocycles. The number of alkyl halides is 3. The van der Waals surface area contributed by atoms with Crippen LogP contribution in [0.15, 0.2) is 16.5 Å². The average molecular weight is 323 g/mol. The van der Waals surface area contributed by atoms with Gasteiger partial charge in [-0.1, -0.05) is 6.08 Å². The van der Waals surface area contributed by atoms with E-state index in [1.165, 1.54) is 4.68 Å². The Morgan fingerprint density at radius 3 is 2.29 bits per heavy atom. The average Bonchev–Trinajstić information content (AvgIpc) is 2.62. The molecular formula is C12H16F3N3O2S. The fraction of sp³-hybridized carbons (Fsp3) is 0.583. The molecule has 2 rings (SSSR count). The van der Waals surface area contributed by atoms with Crippen molar-refractivity contribution in [2.45, 2.75) is 31.3 Å². The van der Waals surface area contributed by atoms with Crippen LogP contribution in [0.4, 0.5) is 13.2 Å². The number of aromatic nitrogens is 2. The summed E-state index contributed by atoms with van der Waals surface area (Å²) in [4.78, 5) is 0.0776. The predicted octanol–water partition coefficient (Wildman–Crippen LogP) is 1.92. The molecule has 0 fully saturated rings. The van der Waals surface area contributed by atoms with Gasteiger partial charge in [-0.25, -0.2) is 8.42 Å². The van der Waals surface area contributed by atoms with Gasteiger partial charge in [-0.05, 0) is 20.3 Å². The maximum absolute atomic E-state index is 12.6. The second-order valence-electron chi connectivity index (χ2n) is 4.96. The van der Waals surface area contributed by atoms with Gasteiger partial charge < -0.3 is 0 Å². The van der Waals surface area contributed by atoms with Crippen molar-refractivity contribution in [2.75, 3.05) is 13.1 Å². The number of rotatable bonds is 2. The first-order valence-electron chi connectivity index (χ1n) is 6.31. The molecule has 21 heavy (non-hydrogen) atoms. The topological polar surface area (TPSA) is 55.2 Å². The van der Waals surface area contributed by atoms with Gasteiger partial charge in [-0.3, -0.25) is 4.68 Å². The van der Waals surface area contributed by atoms with Gasteiger partial charge in [0, 0.05) is 25.7 Å². The first-order chi connectivity index (χ1) is 9.55. The van der Waals surface area contributed by atoms with E-state index in [0.29, 0.717) is 11.4 Å². The van der Waals surface area contributed by atoms with Gasteiger partial charge in [0.2, 0.25) is 10.0 Å². The fourth-order valence-corrected chi connectivity index (χ4v) is 4.16. The second-order valence-corrected chi connectivity index (χ2v) is 6.84. The number of sulfonamides is 1. The summed E-state index contributed by atoms with van der Waals surface area (Å²) in [7, 11) is -2.21. The van der Waals surface area contributed by atoms with Gasteiger partial charge in [-0.15, -0.1) is 0 Å². The van der Waals surface area contributed by atoms with Crippen LogP contribution in [0, 0.1) is 13.8 Å². The highest BCUT2D eigenvalue weighted by Crippen LogP contribution is 2.32. The van der Waals surface area contributed by atoms with Gasteiger partial charge in [0.05, 0.1) is 11.4 Å². The van der Waals surface area contributed by atoms with Crippen molar-refractivity contribution in [1.82, 2.24) is 14.1 Å². The molecule has 0 radical (unpaired) electrons. The van der Waals surface area contributed by atoms with Crippen LogP contribution >= 0.6 is 0 Å². The van der Waals surface area contributed by atoms with E-state index in [-0.39, 0.29) is 24.4 Å². The van der Waals surface area contributed by atoms with Gasteiger partial charge in [0.25, 0.3) is 0 Å². The van der Waals surface area contributed by atoms with Crippen LogP contribution in [0.1, 0.15) is 17.8 Å². The summed E-state index contributed by atoms with van der Waals surface area (Å²) >= 11 is 0. The van der Waals surface area contributed by atoms with Crippen LogP contribution in [0.5, 0.6) is 0 Å². The van der Waals surface area contributed by atoms with Crippen LogP contribution in [-0.2, 0) is 17.1 Å². The molecule has 9 heteroatoms. The molecule has 0 aromatic carbocycles. The summed E-state index contributed by atoms with van der Waals surface area (Å²) in [5, 5.41) is 4.04. The Kier molecular flexibility index (Phi) is 3.92. The minimum atomic E-state index is -4.39.